The first kappa shape index (κ1) is 10.3. The van der Waals surface area contributed by atoms with E-state index >= 15 is 0 Å². The first-order chi connectivity index (χ1) is 8.18. The van der Waals surface area contributed by atoms with Gasteiger partial charge in [0.05, 0.1) is 16.1 Å². The summed E-state index contributed by atoms with van der Waals surface area (Å²) in [6.45, 7) is 0. The van der Waals surface area contributed by atoms with Crippen molar-refractivity contribution in [2.45, 2.75) is 0 Å². The van der Waals surface area contributed by atoms with Gasteiger partial charge in [0.2, 0.25) is 0 Å². The molecule has 3 nitrogen and oxygen atoms in total. The van der Waals surface area contributed by atoms with Gasteiger partial charge in [-0.1, -0.05) is 6.07 Å². The van der Waals surface area contributed by atoms with Gasteiger partial charge in [-0.15, -0.1) is 11.3 Å². The van der Waals surface area contributed by atoms with Gasteiger partial charge in [0.15, 0.2) is 5.82 Å². The monoisotopic (exact) mass is 247 g/mol. The molecule has 3 rings (SSSR count). The summed E-state index contributed by atoms with van der Waals surface area (Å²) in [6, 6.07) is 6.84. The zero-order chi connectivity index (χ0) is 12.0. The maximum Gasteiger partial charge on any atom is 0.151 e. The highest BCUT2D eigenvalue weighted by atomic mass is 32.1. The number of nitrogens with zero attached hydrogens (tertiary/aromatic N) is 2. The molecule has 0 spiro atoms. The first-order valence-electron chi connectivity index (χ1n) is 5.13. The third-order valence-corrected chi connectivity index (χ3v) is 3.54. The Morgan fingerprint density at radius 3 is 2.82 bits per heavy atom. The van der Waals surface area contributed by atoms with Crippen LogP contribution in [0.15, 0.2) is 29.6 Å². The highest BCUT2D eigenvalue weighted by Crippen LogP contribution is 2.32. The molecule has 2 heterocycles. The Bertz CT molecular complexity index is 699. The van der Waals surface area contributed by atoms with Gasteiger partial charge in [0.1, 0.15) is 11.3 Å². The summed E-state index contributed by atoms with van der Waals surface area (Å²) in [5.41, 5.74) is 7.88. The van der Waals surface area contributed by atoms with Gasteiger partial charge in [0, 0.05) is 7.05 Å². The van der Waals surface area contributed by atoms with Crippen molar-refractivity contribution in [1.82, 2.24) is 9.55 Å². The normalized spacial score (nSPS) is 11.2. The van der Waals surface area contributed by atoms with E-state index < -0.39 is 0 Å². The summed E-state index contributed by atoms with van der Waals surface area (Å²) in [6.07, 6.45) is 0. The van der Waals surface area contributed by atoms with E-state index in [2.05, 4.69) is 4.98 Å². The Balaban J connectivity index is 2.36. The molecule has 0 saturated carbocycles. The van der Waals surface area contributed by atoms with E-state index in [0.717, 1.165) is 11.1 Å². The summed E-state index contributed by atoms with van der Waals surface area (Å²) in [4.78, 5) is 4.33. The number of imidazole rings is 1. The van der Waals surface area contributed by atoms with Crippen molar-refractivity contribution >= 4 is 27.4 Å². The Morgan fingerprint density at radius 1 is 1.35 bits per heavy atom. The smallest absolute Gasteiger partial charge is 0.151 e. The maximum absolute atomic E-state index is 13.6. The van der Waals surface area contributed by atoms with E-state index in [-0.39, 0.29) is 5.82 Å². The lowest BCUT2D eigenvalue weighted by atomic mass is 10.3. The van der Waals surface area contributed by atoms with Crippen LogP contribution < -0.4 is 5.73 Å². The minimum atomic E-state index is -0.307. The first-order valence-corrected chi connectivity index (χ1v) is 6.00. The standard InChI is InChI=1S/C12H10FN3S/c1-16-9-4-2-3-8(13)10(9)15-12(16)7-5-6-17-11(7)14/h2-6H,14H2,1H3. The predicted octanol–water partition coefficient (Wildman–Crippen LogP) is 3.02. The number of aromatic nitrogens is 2. The second-order valence-corrected chi connectivity index (χ2v) is 4.75. The fraction of sp³-hybridized carbons (Fsp3) is 0.0833. The van der Waals surface area contributed by atoms with Crippen molar-refractivity contribution in [2.75, 3.05) is 5.73 Å². The van der Waals surface area contributed by atoms with Gasteiger partial charge >= 0.3 is 0 Å². The molecule has 0 unspecified atom stereocenters. The van der Waals surface area contributed by atoms with Gasteiger partial charge in [-0.2, -0.15) is 0 Å². The van der Waals surface area contributed by atoms with E-state index in [1.54, 1.807) is 6.07 Å². The van der Waals surface area contributed by atoms with Crippen LogP contribution in [0, 0.1) is 5.82 Å². The number of para-hydroxylation sites is 1. The molecule has 0 atom stereocenters. The van der Waals surface area contributed by atoms with Crippen molar-refractivity contribution in [3.63, 3.8) is 0 Å². The van der Waals surface area contributed by atoms with Crippen molar-refractivity contribution in [3.8, 4) is 11.4 Å². The molecular weight excluding hydrogens is 237 g/mol. The Kier molecular flexibility index (Phi) is 2.16. The summed E-state index contributed by atoms with van der Waals surface area (Å²) >= 11 is 1.45. The number of aryl methyl sites for hydroxylation is 1. The topological polar surface area (TPSA) is 43.8 Å². The van der Waals surface area contributed by atoms with Crippen LogP contribution in [-0.2, 0) is 7.05 Å². The van der Waals surface area contributed by atoms with Crippen LogP contribution in [0.3, 0.4) is 0 Å². The number of fused-ring (bicyclic) bond motifs is 1. The maximum atomic E-state index is 13.6. The summed E-state index contributed by atoms with van der Waals surface area (Å²) in [7, 11) is 1.86. The molecule has 17 heavy (non-hydrogen) atoms. The lowest BCUT2D eigenvalue weighted by Crippen LogP contribution is -1.93. The summed E-state index contributed by atoms with van der Waals surface area (Å²) < 4.78 is 15.5. The van der Waals surface area contributed by atoms with Gasteiger partial charge in [-0.3, -0.25) is 0 Å². The van der Waals surface area contributed by atoms with Crippen molar-refractivity contribution in [3.05, 3.63) is 35.5 Å². The summed E-state index contributed by atoms with van der Waals surface area (Å²) in [5.74, 6) is 0.391. The Labute approximate surface area is 101 Å². The Morgan fingerprint density at radius 2 is 2.18 bits per heavy atom. The highest BCUT2D eigenvalue weighted by Gasteiger charge is 2.14. The summed E-state index contributed by atoms with van der Waals surface area (Å²) in [5, 5.41) is 2.60. The minimum absolute atomic E-state index is 0.307. The SMILES string of the molecule is Cn1c(-c2ccsc2N)nc2c(F)cccc21. The molecule has 2 N–H and O–H groups in total. The van der Waals surface area contributed by atoms with E-state index in [1.165, 1.54) is 17.4 Å². The van der Waals surface area contributed by atoms with Crippen LogP contribution in [0.25, 0.3) is 22.4 Å². The molecule has 0 aliphatic carbocycles. The van der Waals surface area contributed by atoms with Gasteiger partial charge < -0.3 is 10.3 Å². The lowest BCUT2D eigenvalue weighted by molar-refractivity contribution is 0.637. The fourth-order valence-electron chi connectivity index (χ4n) is 1.93. The molecule has 0 aliphatic rings. The van der Waals surface area contributed by atoms with E-state index in [4.69, 9.17) is 5.73 Å². The van der Waals surface area contributed by atoms with Gasteiger partial charge in [-0.05, 0) is 23.6 Å². The average Bonchev–Trinajstić information content (AvgIpc) is 2.85. The molecule has 0 amide bonds. The van der Waals surface area contributed by atoms with Crippen molar-refractivity contribution in [1.29, 1.82) is 0 Å². The molecular formula is C12H10FN3S. The molecule has 3 aromatic rings. The zero-order valence-corrected chi connectivity index (χ0v) is 9.96. The minimum Gasteiger partial charge on any atom is -0.390 e. The van der Waals surface area contributed by atoms with Gasteiger partial charge in [0.25, 0.3) is 0 Å². The van der Waals surface area contributed by atoms with Crippen molar-refractivity contribution < 1.29 is 4.39 Å². The molecule has 0 fully saturated rings. The van der Waals surface area contributed by atoms with E-state index in [1.807, 2.05) is 29.1 Å². The van der Waals surface area contributed by atoms with Gasteiger partial charge in [-0.25, -0.2) is 9.37 Å². The van der Waals surface area contributed by atoms with Crippen LogP contribution in [0.2, 0.25) is 0 Å². The number of rotatable bonds is 1. The highest BCUT2D eigenvalue weighted by molar-refractivity contribution is 7.14. The molecule has 0 bridgehead atoms. The van der Waals surface area contributed by atoms with Crippen LogP contribution >= 0.6 is 11.3 Å². The third kappa shape index (κ3) is 1.43. The van der Waals surface area contributed by atoms with Crippen LogP contribution in [0.1, 0.15) is 0 Å². The zero-order valence-electron chi connectivity index (χ0n) is 9.14. The second kappa shape index (κ2) is 3.56. The average molecular weight is 247 g/mol. The molecule has 0 saturated heterocycles. The third-order valence-electron chi connectivity index (χ3n) is 2.80. The molecule has 0 aliphatic heterocycles. The Hall–Kier alpha value is -1.88. The predicted molar refractivity (Wildman–Crippen MR) is 68.4 cm³/mol. The number of hydrogen-bond donors (Lipinski definition) is 1. The molecule has 5 heteroatoms. The van der Waals surface area contributed by atoms with Crippen molar-refractivity contribution in [2.24, 2.45) is 7.05 Å². The molecule has 2 aromatic heterocycles. The molecule has 86 valence electrons. The number of nitrogen functional groups attached to an aromatic ring is 1. The molecule has 0 radical (unpaired) electrons. The fourth-order valence-corrected chi connectivity index (χ4v) is 2.56. The largest absolute Gasteiger partial charge is 0.390 e. The lowest BCUT2D eigenvalue weighted by Gasteiger charge is -2.00. The number of halogens is 1. The number of anilines is 1. The number of thiophene rings is 1. The van der Waals surface area contributed by atoms with Crippen LogP contribution in [-0.4, -0.2) is 9.55 Å². The van der Waals surface area contributed by atoms with Crippen LogP contribution in [0.4, 0.5) is 9.39 Å². The quantitative estimate of drug-likeness (QED) is 0.718. The molecule has 1 aromatic carbocycles. The van der Waals surface area contributed by atoms with E-state index in [0.29, 0.717) is 16.3 Å². The number of benzene rings is 1. The second-order valence-electron chi connectivity index (χ2n) is 3.80. The van der Waals surface area contributed by atoms with E-state index in [9.17, 15) is 4.39 Å². The van der Waals surface area contributed by atoms with Crippen LogP contribution in [0.5, 0.6) is 0 Å². The number of nitrogens with two attached hydrogens (primary N) is 1. The number of hydrogen-bond acceptors (Lipinski definition) is 3.